The standard InChI is InChI=1S/C14H14BrF2NO/c1-2-18-13(14-10(15)6-7-19-14)8-9-11(16)4-3-5-12(9)17/h3-7,13,18H,2,8H2,1H3. The number of likely N-dealkylation sites (N-methyl/N-ethyl adjacent to an activating group) is 1. The molecule has 0 amide bonds. The smallest absolute Gasteiger partial charge is 0.135 e. The Kier molecular flexibility index (Phi) is 4.71. The van der Waals surface area contributed by atoms with Gasteiger partial charge < -0.3 is 9.73 Å². The molecule has 2 aromatic rings. The first-order chi connectivity index (χ1) is 9.13. The monoisotopic (exact) mass is 329 g/mol. The van der Waals surface area contributed by atoms with Crippen molar-refractivity contribution in [3.8, 4) is 0 Å². The summed E-state index contributed by atoms with van der Waals surface area (Å²) >= 11 is 3.37. The van der Waals surface area contributed by atoms with Crippen molar-refractivity contribution in [3.05, 3.63) is 58.0 Å². The normalized spacial score (nSPS) is 12.6. The van der Waals surface area contributed by atoms with Gasteiger partial charge in [-0.05, 0) is 40.7 Å². The van der Waals surface area contributed by atoms with Crippen LogP contribution in [0.4, 0.5) is 8.78 Å². The Labute approximate surface area is 118 Å². The number of hydrogen-bond acceptors (Lipinski definition) is 2. The van der Waals surface area contributed by atoms with E-state index in [1.54, 1.807) is 12.3 Å². The summed E-state index contributed by atoms with van der Waals surface area (Å²) in [6, 6.07) is 5.37. The summed E-state index contributed by atoms with van der Waals surface area (Å²) in [6.07, 6.45) is 1.74. The second kappa shape index (κ2) is 6.30. The molecule has 0 saturated heterocycles. The molecule has 0 aliphatic rings. The third kappa shape index (κ3) is 3.22. The highest BCUT2D eigenvalue weighted by Gasteiger charge is 2.21. The van der Waals surface area contributed by atoms with Gasteiger partial charge in [0.25, 0.3) is 0 Å². The average molecular weight is 330 g/mol. The third-order valence-corrected chi connectivity index (χ3v) is 3.54. The van der Waals surface area contributed by atoms with E-state index in [2.05, 4.69) is 21.2 Å². The zero-order valence-electron chi connectivity index (χ0n) is 10.4. The van der Waals surface area contributed by atoms with E-state index in [0.29, 0.717) is 12.3 Å². The van der Waals surface area contributed by atoms with Crippen molar-refractivity contribution in [1.82, 2.24) is 5.32 Å². The molecule has 1 atom stereocenters. The second-order valence-electron chi connectivity index (χ2n) is 4.15. The van der Waals surface area contributed by atoms with E-state index in [4.69, 9.17) is 4.42 Å². The highest BCUT2D eigenvalue weighted by molar-refractivity contribution is 9.10. The third-order valence-electron chi connectivity index (χ3n) is 2.88. The van der Waals surface area contributed by atoms with E-state index in [1.807, 2.05) is 6.92 Å². The lowest BCUT2D eigenvalue weighted by Gasteiger charge is -2.17. The van der Waals surface area contributed by atoms with Gasteiger partial charge in [0.2, 0.25) is 0 Å². The van der Waals surface area contributed by atoms with Crippen LogP contribution < -0.4 is 5.32 Å². The maximum atomic E-state index is 13.7. The number of rotatable bonds is 5. The SMILES string of the molecule is CCNC(Cc1c(F)cccc1F)c1occc1Br. The summed E-state index contributed by atoms with van der Waals surface area (Å²) in [7, 11) is 0. The van der Waals surface area contributed by atoms with Crippen LogP contribution in [0.25, 0.3) is 0 Å². The van der Waals surface area contributed by atoms with Crippen molar-refractivity contribution in [1.29, 1.82) is 0 Å². The lowest BCUT2D eigenvalue weighted by atomic mass is 10.0. The number of nitrogens with one attached hydrogen (secondary N) is 1. The molecule has 102 valence electrons. The van der Waals surface area contributed by atoms with Crippen molar-refractivity contribution in [2.45, 2.75) is 19.4 Å². The quantitative estimate of drug-likeness (QED) is 0.888. The first-order valence-corrected chi connectivity index (χ1v) is 6.82. The first kappa shape index (κ1) is 14.2. The summed E-state index contributed by atoms with van der Waals surface area (Å²) in [6.45, 7) is 2.61. The molecule has 0 saturated carbocycles. The topological polar surface area (TPSA) is 25.2 Å². The Morgan fingerprint density at radius 3 is 2.47 bits per heavy atom. The summed E-state index contributed by atoms with van der Waals surface area (Å²) in [5.74, 6) is -0.430. The van der Waals surface area contributed by atoms with Crippen LogP contribution in [0.3, 0.4) is 0 Å². The van der Waals surface area contributed by atoms with Gasteiger partial charge >= 0.3 is 0 Å². The highest BCUT2D eigenvalue weighted by Crippen LogP contribution is 2.28. The molecule has 0 aliphatic heterocycles. The molecular formula is C14H14BrF2NO. The van der Waals surface area contributed by atoms with Crippen LogP contribution in [0.15, 0.2) is 39.4 Å². The van der Waals surface area contributed by atoms with Gasteiger partial charge in [0.05, 0.1) is 16.8 Å². The Balaban J connectivity index is 2.29. The number of benzene rings is 1. The van der Waals surface area contributed by atoms with Crippen LogP contribution in [0.5, 0.6) is 0 Å². The number of halogens is 3. The molecule has 1 unspecified atom stereocenters. The van der Waals surface area contributed by atoms with Crippen molar-refractivity contribution in [2.75, 3.05) is 6.54 Å². The predicted molar refractivity (Wildman–Crippen MR) is 72.9 cm³/mol. The van der Waals surface area contributed by atoms with Gasteiger partial charge in [-0.25, -0.2) is 8.78 Å². The lowest BCUT2D eigenvalue weighted by Crippen LogP contribution is -2.23. The van der Waals surface area contributed by atoms with Crippen molar-refractivity contribution in [3.63, 3.8) is 0 Å². The van der Waals surface area contributed by atoms with Crippen molar-refractivity contribution < 1.29 is 13.2 Å². The van der Waals surface area contributed by atoms with E-state index in [-0.39, 0.29) is 18.0 Å². The molecule has 0 fully saturated rings. The fourth-order valence-electron chi connectivity index (χ4n) is 1.99. The van der Waals surface area contributed by atoms with E-state index >= 15 is 0 Å². The summed E-state index contributed by atoms with van der Waals surface area (Å²) in [5.41, 5.74) is 0.0664. The molecule has 0 radical (unpaired) electrons. The zero-order chi connectivity index (χ0) is 13.8. The molecule has 1 aromatic heterocycles. The van der Waals surface area contributed by atoms with Gasteiger partial charge in [-0.15, -0.1) is 0 Å². The van der Waals surface area contributed by atoms with Gasteiger partial charge in [-0.2, -0.15) is 0 Å². The van der Waals surface area contributed by atoms with Crippen molar-refractivity contribution >= 4 is 15.9 Å². The van der Waals surface area contributed by atoms with Crippen LogP contribution in [0, 0.1) is 11.6 Å². The molecule has 1 heterocycles. The van der Waals surface area contributed by atoms with Crippen LogP contribution in [0.2, 0.25) is 0 Å². The minimum atomic E-state index is -0.536. The van der Waals surface area contributed by atoms with Gasteiger partial charge in [-0.1, -0.05) is 13.0 Å². The highest BCUT2D eigenvalue weighted by atomic mass is 79.9. The van der Waals surface area contributed by atoms with E-state index in [9.17, 15) is 8.78 Å². The number of furan rings is 1. The van der Waals surface area contributed by atoms with E-state index < -0.39 is 11.6 Å². The van der Waals surface area contributed by atoms with Crippen LogP contribution in [0.1, 0.15) is 24.3 Å². The predicted octanol–water partition coefficient (Wildman–Crippen LogP) is 4.21. The molecule has 0 bridgehead atoms. The number of hydrogen-bond donors (Lipinski definition) is 1. The minimum absolute atomic E-state index is 0.0664. The maximum Gasteiger partial charge on any atom is 0.135 e. The maximum absolute atomic E-state index is 13.7. The molecule has 2 rings (SSSR count). The Morgan fingerprint density at radius 1 is 1.26 bits per heavy atom. The van der Waals surface area contributed by atoms with Crippen LogP contribution >= 0.6 is 15.9 Å². The van der Waals surface area contributed by atoms with Gasteiger partial charge in [0.1, 0.15) is 17.4 Å². The Hall–Kier alpha value is -1.20. The fraction of sp³-hybridized carbons (Fsp3) is 0.286. The molecule has 5 heteroatoms. The van der Waals surface area contributed by atoms with Gasteiger partial charge in [0, 0.05) is 12.0 Å². The minimum Gasteiger partial charge on any atom is -0.466 e. The lowest BCUT2D eigenvalue weighted by molar-refractivity contribution is 0.405. The molecule has 0 aliphatic carbocycles. The molecule has 1 aromatic carbocycles. The largest absolute Gasteiger partial charge is 0.466 e. The Morgan fingerprint density at radius 2 is 1.95 bits per heavy atom. The molecule has 2 nitrogen and oxygen atoms in total. The molecule has 1 N–H and O–H groups in total. The zero-order valence-corrected chi connectivity index (χ0v) is 12.0. The van der Waals surface area contributed by atoms with Crippen LogP contribution in [-0.2, 0) is 6.42 Å². The average Bonchev–Trinajstić information content (AvgIpc) is 2.79. The molecular weight excluding hydrogens is 316 g/mol. The summed E-state index contributed by atoms with van der Waals surface area (Å²) < 4.78 is 33.5. The van der Waals surface area contributed by atoms with E-state index in [0.717, 1.165) is 4.47 Å². The van der Waals surface area contributed by atoms with Gasteiger partial charge in [0.15, 0.2) is 0 Å². The summed E-state index contributed by atoms with van der Waals surface area (Å²) in [5, 5.41) is 3.17. The first-order valence-electron chi connectivity index (χ1n) is 6.02. The second-order valence-corrected chi connectivity index (χ2v) is 5.00. The fourth-order valence-corrected chi connectivity index (χ4v) is 2.47. The van der Waals surface area contributed by atoms with Gasteiger partial charge in [-0.3, -0.25) is 0 Å². The van der Waals surface area contributed by atoms with E-state index in [1.165, 1.54) is 18.2 Å². The molecule has 19 heavy (non-hydrogen) atoms. The summed E-state index contributed by atoms with van der Waals surface area (Å²) in [4.78, 5) is 0. The Bertz CT molecular complexity index is 536. The van der Waals surface area contributed by atoms with Crippen molar-refractivity contribution in [2.24, 2.45) is 0 Å². The molecule has 0 spiro atoms. The van der Waals surface area contributed by atoms with Crippen LogP contribution in [-0.4, -0.2) is 6.54 Å².